The van der Waals surface area contributed by atoms with Crippen molar-refractivity contribution in [3.05, 3.63) is 29.0 Å². The summed E-state index contributed by atoms with van der Waals surface area (Å²) in [5.74, 6) is 1.29. The van der Waals surface area contributed by atoms with Crippen LogP contribution in [0.15, 0.2) is 18.2 Å². The van der Waals surface area contributed by atoms with Crippen LogP contribution in [0.4, 0.5) is 5.69 Å². The zero-order chi connectivity index (χ0) is 12.0. The summed E-state index contributed by atoms with van der Waals surface area (Å²) in [7, 11) is 0. The Morgan fingerprint density at radius 2 is 2.24 bits per heavy atom. The number of carbonyl (C=O) groups excluding carboxylic acids is 1. The molecule has 2 heterocycles. The fourth-order valence-electron chi connectivity index (χ4n) is 1.91. The van der Waals surface area contributed by atoms with E-state index < -0.39 is 0 Å². The number of hydrogen-bond acceptors (Lipinski definition) is 3. The minimum absolute atomic E-state index is 0.0878. The molecule has 1 aliphatic heterocycles. The van der Waals surface area contributed by atoms with Gasteiger partial charge in [-0.15, -0.1) is 10.2 Å². The van der Waals surface area contributed by atoms with Crippen LogP contribution in [-0.2, 0) is 11.3 Å². The van der Waals surface area contributed by atoms with Crippen molar-refractivity contribution >= 4 is 23.2 Å². The molecule has 0 saturated heterocycles. The number of rotatable bonds is 0. The van der Waals surface area contributed by atoms with Gasteiger partial charge >= 0.3 is 0 Å². The average molecular weight is 249 g/mol. The van der Waals surface area contributed by atoms with Crippen molar-refractivity contribution in [2.24, 2.45) is 0 Å². The largest absolute Gasteiger partial charge is 0.324 e. The summed E-state index contributed by atoms with van der Waals surface area (Å²) in [5.41, 5.74) is 1.51. The molecule has 6 heteroatoms. The van der Waals surface area contributed by atoms with Gasteiger partial charge in [-0.3, -0.25) is 4.79 Å². The first-order valence-corrected chi connectivity index (χ1v) is 5.52. The molecular formula is C11H9ClN4O. The summed E-state index contributed by atoms with van der Waals surface area (Å²) in [4.78, 5) is 11.7. The highest BCUT2D eigenvalue weighted by atomic mass is 35.5. The second-order valence-electron chi connectivity index (χ2n) is 3.90. The Labute approximate surface area is 102 Å². The number of amides is 1. The highest BCUT2D eigenvalue weighted by molar-refractivity contribution is 6.31. The van der Waals surface area contributed by atoms with E-state index in [0.29, 0.717) is 22.4 Å². The molecule has 0 radical (unpaired) electrons. The van der Waals surface area contributed by atoms with Gasteiger partial charge in [0.2, 0.25) is 5.91 Å². The van der Waals surface area contributed by atoms with E-state index in [-0.39, 0.29) is 12.5 Å². The Hall–Kier alpha value is -1.88. The van der Waals surface area contributed by atoms with Gasteiger partial charge in [-0.05, 0) is 25.1 Å². The summed E-state index contributed by atoms with van der Waals surface area (Å²) >= 11 is 5.97. The van der Waals surface area contributed by atoms with Gasteiger partial charge in [-0.25, -0.2) is 0 Å². The Balaban J connectivity index is 2.31. The molecule has 2 aromatic rings. The molecule has 1 N–H and O–H groups in total. The number of aryl methyl sites for hydroxylation is 1. The van der Waals surface area contributed by atoms with Crippen molar-refractivity contribution in [2.75, 3.05) is 5.32 Å². The van der Waals surface area contributed by atoms with Crippen LogP contribution in [0, 0.1) is 6.92 Å². The second kappa shape index (κ2) is 3.56. The predicted molar refractivity (Wildman–Crippen MR) is 63.8 cm³/mol. The van der Waals surface area contributed by atoms with E-state index in [1.165, 1.54) is 0 Å². The molecule has 1 amide bonds. The Morgan fingerprint density at radius 3 is 3.06 bits per heavy atom. The summed E-state index contributed by atoms with van der Waals surface area (Å²) in [6.07, 6.45) is 0. The van der Waals surface area contributed by atoms with Crippen LogP contribution in [0.5, 0.6) is 0 Å². The molecule has 0 unspecified atom stereocenters. The van der Waals surface area contributed by atoms with Gasteiger partial charge in [0.1, 0.15) is 12.4 Å². The lowest BCUT2D eigenvalue weighted by Crippen LogP contribution is -2.17. The first-order chi connectivity index (χ1) is 8.15. The SMILES string of the molecule is Cc1nnc2n1CC(=O)Nc1ccc(Cl)cc1-2. The number of fused-ring (bicyclic) bond motifs is 3. The Morgan fingerprint density at radius 1 is 1.41 bits per heavy atom. The lowest BCUT2D eigenvalue weighted by Gasteiger charge is -2.05. The summed E-state index contributed by atoms with van der Waals surface area (Å²) in [6, 6.07) is 5.29. The minimum Gasteiger partial charge on any atom is -0.324 e. The van der Waals surface area contributed by atoms with Crippen LogP contribution in [-0.4, -0.2) is 20.7 Å². The first kappa shape index (κ1) is 10.3. The maximum Gasteiger partial charge on any atom is 0.244 e. The Kier molecular flexibility index (Phi) is 2.16. The zero-order valence-corrected chi connectivity index (χ0v) is 9.82. The molecule has 0 fully saturated rings. The molecule has 0 atom stereocenters. The Bertz CT molecular complexity index is 620. The number of benzene rings is 1. The number of halogens is 1. The van der Waals surface area contributed by atoms with Crippen molar-refractivity contribution < 1.29 is 4.79 Å². The number of anilines is 1. The van der Waals surface area contributed by atoms with Gasteiger partial charge in [0.25, 0.3) is 0 Å². The van der Waals surface area contributed by atoms with Crippen molar-refractivity contribution in [1.29, 1.82) is 0 Å². The lowest BCUT2D eigenvalue weighted by molar-refractivity contribution is -0.116. The van der Waals surface area contributed by atoms with E-state index >= 15 is 0 Å². The monoisotopic (exact) mass is 248 g/mol. The normalized spacial score (nSPS) is 13.6. The molecule has 17 heavy (non-hydrogen) atoms. The smallest absolute Gasteiger partial charge is 0.244 e. The topological polar surface area (TPSA) is 59.8 Å². The van der Waals surface area contributed by atoms with Crippen LogP contribution < -0.4 is 5.32 Å². The van der Waals surface area contributed by atoms with Gasteiger partial charge in [0, 0.05) is 10.6 Å². The highest BCUT2D eigenvalue weighted by Crippen LogP contribution is 2.31. The maximum atomic E-state index is 11.7. The lowest BCUT2D eigenvalue weighted by atomic mass is 10.1. The van der Waals surface area contributed by atoms with E-state index in [1.807, 2.05) is 6.92 Å². The van der Waals surface area contributed by atoms with Crippen molar-refractivity contribution in [2.45, 2.75) is 13.5 Å². The molecule has 1 aliphatic rings. The van der Waals surface area contributed by atoms with Crippen LogP contribution in [0.3, 0.4) is 0 Å². The van der Waals surface area contributed by atoms with Crippen LogP contribution in [0.25, 0.3) is 11.4 Å². The molecule has 1 aromatic heterocycles. The number of hydrogen-bond donors (Lipinski definition) is 1. The third-order valence-corrected chi connectivity index (χ3v) is 2.97. The standard InChI is InChI=1S/C11H9ClN4O/c1-6-14-15-11-8-4-7(12)2-3-9(8)13-10(17)5-16(6)11/h2-4H,5H2,1H3,(H,13,17). The molecule has 1 aromatic carbocycles. The third kappa shape index (κ3) is 1.59. The molecule has 3 rings (SSSR count). The van der Waals surface area contributed by atoms with Gasteiger partial charge in [-0.2, -0.15) is 0 Å². The summed E-state index contributed by atoms with van der Waals surface area (Å²) < 4.78 is 1.78. The van der Waals surface area contributed by atoms with Crippen molar-refractivity contribution in [3.8, 4) is 11.4 Å². The third-order valence-electron chi connectivity index (χ3n) is 2.73. The maximum absolute atomic E-state index is 11.7. The fraction of sp³-hybridized carbons (Fsp3) is 0.182. The first-order valence-electron chi connectivity index (χ1n) is 5.15. The molecule has 0 saturated carbocycles. The average Bonchev–Trinajstić information content (AvgIpc) is 2.56. The summed E-state index contributed by atoms with van der Waals surface area (Å²) in [5, 5.41) is 11.5. The molecule has 0 spiro atoms. The van der Waals surface area contributed by atoms with Crippen LogP contribution in [0.1, 0.15) is 5.82 Å². The fourth-order valence-corrected chi connectivity index (χ4v) is 2.09. The molecule has 5 nitrogen and oxygen atoms in total. The van der Waals surface area contributed by atoms with Gasteiger partial charge < -0.3 is 9.88 Å². The zero-order valence-electron chi connectivity index (χ0n) is 9.07. The minimum atomic E-state index is -0.0878. The highest BCUT2D eigenvalue weighted by Gasteiger charge is 2.21. The summed E-state index contributed by atoms with van der Waals surface area (Å²) in [6.45, 7) is 2.04. The van der Waals surface area contributed by atoms with Gasteiger partial charge in [-0.1, -0.05) is 11.6 Å². The molecular weight excluding hydrogens is 240 g/mol. The second-order valence-corrected chi connectivity index (χ2v) is 4.33. The number of nitrogens with zero attached hydrogens (tertiary/aromatic N) is 3. The number of nitrogens with one attached hydrogen (secondary N) is 1. The van der Waals surface area contributed by atoms with E-state index in [2.05, 4.69) is 15.5 Å². The van der Waals surface area contributed by atoms with Crippen molar-refractivity contribution in [1.82, 2.24) is 14.8 Å². The molecule has 0 bridgehead atoms. The van der Waals surface area contributed by atoms with E-state index in [9.17, 15) is 4.79 Å². The van der Waals surface area contributed by atoms with E-state index in [4.69, 9.17) is 11.6 Å². The van der Waals surface area contributed by atoms with Gasteiger partial charge in [0.15, 0.2) is 5.82 Å². The predicted octanol–water partition coefficient (Wildman–Crippen LogP) is 1.86. The molecule has 0 aliphatic carbocycles. The van der Waals surface area contributed by atoms with Gasteiger partial charge in [0.05, 0.1) is 5.69 Å². The van der Waals surface area contributed by atoms with Crippen LogP contribution in [0.2, 0.25) is 5.02 Å². The number of carbonyl (C=O) groups is 1. The van der Waals surface area contributed by atoms with E-state index in [1.54, 1.807) is 22.8 Å². The van der Waals surface area contributed by atoms with E-state index in [0.717, 1.165) is 5.56 Å². The quantitative estimate of drug-likeness (QED) is 0.774. The number of aromatic nitrogens is 3. The van der Waals surface area contributed by atoms with Crippen LogP contribution >= 0.6 is 11.6 Å². The molecule has 86 valence electrons. The van der Waals surface area contributed by atoms with Crippen molar-refractivity contribution in [3.63, 3.8) is 0 Å².